The summed E-state index contributed by atoms with van der Waals surface area (Å²) < 4.78 is 0. The van der Waals surface area contributed by atoms with E-state index in [1.807, 2.05) is 0 Å². The van der Waals surface area contributed by atoms with E-state index in [1.54, 1.807) is 5.70 Å². The zero-order valence-corrected chi connectivity index (χ0v) is 22.6. The molecule has 194 valence electrons. The van der Waals surface area contributed by atoms with E-state index in [-0.39, 0.29) is 6.04 Å². The van der Waals surface area contributed by atoms with Crippen molar-refractivity contribution in [1.82, 2.24) is 9.80 Å². The van der Waals surface area contributed by atoms with E-state index in [1.165, 1.54) is 110 Å². The Morgan fingerprint density at radius 3 is 2.56 bits per heavy atom. The second kappa shape index (κ2) is 12.9. The average Bonchev–Trinajstić information content (AvgIpc) is 2.94. The fourth-order valence-corrected chi connectivity index (χ4v) is 7.50. The molecule has 0 aromatic carbocycles. The number of likely N-dealkylation sites (N-methyl/N-ethyl adjacent to an activating group) is 1. The normalized spacial score (nSPS) is 39.5. The van der Waals surface area contributed by atoms with Crippen molar-refractivity contribution in [1.29, 1.82) is 0 Å². The number of fused-ring (bicyclic) bond motifs is 5. The molecule has 5 rings (SSSR count). The Balaban J connectivity index is 1.51. The summed E-state index contributed by atoms with van der Waals surface area (Å²) in [7, 11) is 2.27. The highest BCUT2D eigenvalue weighted by molar-refractivity contribution is 5.63. The standard InChI is InChI=1S/C30H54N4/c1-4-5-6-7-11-24-13-14-25(15-16-26(21-24)34-19-17-33(3)18-20-34)29-27-22-32-28(30(29)31)12-9-8-10-23(27)2/h21-25,27-30H,4-20,31H2,1-3H3/b26-21+/t23-,24?,25?,27?,28?,29?,30?/m1/s1. The van der Waals surface area contributed by atoms with Crippen LogP contribution in [0, 0.1) is 29.6 Å². The fourth-order valence-electron chi connectivity index (χ4n) is 7.50. The number of allylic oxidation sites excluding steroid dienone is 2. The second-order valence-corrected chi connectivity index (χ2v) is 12.3. The van der Waals surface area contributed by atoms with Gasteiger partial charge in [0.25, 0.3) is 0 Å². The van der Waals surface area contributed by atoms with Crippen LogP contribution in [-0.4, -0.2) is 61.3 Å². The topological polar surface area (TPSA) is 44.9 Å². The quantitative estimate of drug-likeness (QED) is 0.456. The Morgan fingerprint density at radius 2 is 1.76 bits per heavy atom. The van der Waals surface area contributed by atoms with Crippen molar-refractivity contribution in [2.24, 2.45) is 40.3 Å². The van der Waals surface area contributed by atoms with E-state index in [9.17, 15) is 0 Å². The summed E-state index contributed by atoms with van der Waals surface area (Å²) >= 11 is 0. The minimum atomic E-state index is 0.263. The number of hydrogen-bond donors (Lipinski definition) is 1. The van der Waals surface area contributed by atoms with Crippen LogP contribution in [0.3, 0.4) is 0 Å². The lowest BCUT2D eigenvalue weighted by Gasteiger charge is -2.44. The summed E-state index contributed by atoms with van der Waals surface area (Å²) in [5.74, 6) is 3.45. The van der Waals surface area contributed by atoms with Crippen LogP contribution in [0.15, 0.2) is 16.8 Å². The molecule has 3 aliphatic heterocycles. The van der Waals surface area contributed by atoms with Crippen LogP contribution >= 0.6 is 0 Å². The van der Waals surface area contributed by atoms with Crippen molar-refractivity contribution >= 4 is 6.21 Å². The Labute approximate surface area is 210 Å². The lowest BCUT2D eigenvalue weighted by molar-refractivity contribution is 0.133. The number of rotatable bonds is 7. The third-order valence-corrected chi connectivity index (χ3v) is 9.84. The van der Waals surface area contributed by atoms with Crippen LogP contribution in [0.25, 0.3) is 0 Å². The van der Waals surface area contributed by atoms with E-state index in [0.717, 1.165) is 17.8 Å². The number of unbranched alkanes of at least 4 members (excludes halogenated alkanes) is 3. The minimum absolute atomic E-state index is 0.263. The molecule has 1 saturated carbocycles. The molecule has 0 radical (unpaired) electrons. The highest BCUT2D eigenvalue weighted by Gasteiger charge is 2.42. The molecule has 1 saturated heterocycles. The van der Waals surface area contributed by atoms with E-state index in [0.29, 0.717) is 17.9 Å². The Bertz CT molecular complexity index is 665. The van der Waals surface area contributed by atoms with Gasteiger partial charge < -0.3 is 15.5 Å². The Hall–Kier alpha value is -0.870. The summed E-state index contributed by atoms with van der Waals surface area (Å²) in [4.78, 5) is 10.2. The molecule has 2 bridgehead atoms. The molecule has 2 aliphatic carbocycles. The molecule has 4 heteroatoms. The maximum absolute atomic E-state index is 7.08. The van der Waals surface area contributed by atoms with Gasteiger partial charge in [-0.3, -0.25) is 4.99 Å². The average molecular weight is 471 g/mol. The maximum atomic E-state index is 7.08. The predicted molar refractivity (Wildman–Crippen MR) is 146 cm³/mol. The first-order valence-electron chi connectivity index (χ1n) is 15.0. The van der Waals surface area contributed by atoms with Gasteiger partial charge in [0.2, 0.25) is 0 Å². The van der Waals surface area contributed by atoms with Crippen molar-refractivity contribution in [3.63, 3.8) is 0 Å². The van der Waals surface area contributed by atoms with Gasteiger partial charge >= 0.3 is 0 Å². The van der Waals surface area contributed by atoms with Gasteiger partial charge in [0.05, 0.1) is 6.04 Å². The van der Waals surface area contributed by atoms with Gasteiger partial charge in [-0.2, -0.15) is 0 Å². The lowest BCUT2D eigenvalue weighted by atomic mass is 9.65. The van der Waals surface area contributed by atoms with Gasteiger partial charge in [0.1, 0.15) is 0 Å². The summed E-state index contributed by atoms with van der Waals surface area (Å²) in [6.07, 6.45) is 22.5. The number of nitrogens with zero attached hydrogens (tertiary/aromatic N) is 3. The van der Waals surface area contributed by atoms with Crippen LogP contribution in [-0.2, 0) is 0 Å². The van der Waals surface area contributed by atoms with Crippen LogP contribution in [0.2, 0.25) is 0 Å². The summed E-state index contributed by atoms with van der Waals surface area (Å²) in [6.45, 7) is 9.61. The molecule has 7 atom stereocenters. The molecule has 34 heavy (non-hydrogen) atoms. The maximum Gasteiger partial charge on any atom is 0.0649 e. The highest BCUT2D eigenvalue weighted by atomic mass is 15.2. The number of piperazine rings is 1. The monoisotopic (exact) mass is 470 g/mol. The Morgan fingerprint density at radius 1 is 0.971 bits per heavy atom. The molecule has 6 unspecified atom stereocenters. The first-order chi connectivity index (χ1) is 16.6. The summed E-state index contributed by atoms with van der Waals surface area (Å²) in [5, 5.41) is 0. The number of aliphatic imine (C=N–C) groups is 1. The van der Waals surface area contributed by atoms with E-state index < -0.39 is 0 Å². The minimum Gasteiger partial charge on any atom is -0.372 e. The molecule has 2 N–H and O–H groups in total. The Kier molecular flexibility index (Phi) is 9.94. The molecular formula is C30H54N4. The van der Waals surface area contributed by atoms with Crippen LogP contribution in [0.5, 0.6) is 0 Å². The molecule has 0 aromatic heterocycles. The predicted octanol–water partition coefficient (Wildman–Crippen LogP) is 6.12. The largest absolute Gasteiger partial charge is 0.372 e. The van der Waals surface area contributed by atoms with Crippen molar-refractivity contribution in [2.75, 3.05) is 33.2 Å². The van der Waals surface area contributed by atoms with Crippen LogP contribution in [0.1, 0.15) is 97.3 Å². The molecule has 0 spiro atoms. The van der Waals surface area contributed by atoms with Gasteiger partial charge in [-0.25, -0.2) is 0 Å². The summed E-state index contributed by atoms with van der Waals surface area (Å²) in [5.41, 5.74) is 8.75. The van der Waals surface area contributed by atoms with Crippen molar-refractivity contribution in [3.05, 3.63) is 11.8 Å². The van der Waals surface area contributed by atoms with Crippen molar-refractivity contribution in [3.8, 4) is 0 Å². The molecule has 5 aliphatic rings. The first kappa shape index (κ1) is 26.2. The van der Waals surface area contributed by atoms with Crippen LogP contribution in [0.4, 0.5) is 0 Å². The zero-order chi connectivity index (χ0) is 23.9. The van der Waals surface area contributed by atoms with E-state index in [4.69, 9.17) is 10.7 Å². The fraction of sp³-hybridized carbons (Fsp3) is 0.900. The van der Waals surface area contributed by atoms with Crippen molar-refractivity contribution in [2.45, 2.75) is 109 Å². The molecular weight excluding hydrogens is 416 g/mol. The molecule has 4 nitrogen and oxygen atoms in total. The van der Waals surface area contributed by atoms with Gasteiger partial charge in [0, 0.05) is 50.1 Å². The number of hydrogen-bond acceptors (Lipinski definition) is 4. The highest BCUT2D eigenvalue weighted by Crippen LogP contribution is 2.43. The molecule has 0 aromatic rings. The van der Waals surface area contributed by atoms with Gasteiger partial charge in [-0.15, -0.1) is 0 Å². The first-order valence-corrected chi connectivity index (χ1v) is 15.0. The molecule has 2 fully saturated rings. The lowest BCUT2D eigenvalue weighted by Crippen LogP contribution is -2.51. The van der Waals surface area contributed by atoms with E-state index >= 15 is 0 Å². The third-order valence-electron chi connectivity index (χ3n) is 9.84. The smallest absolute Gasteiger partial charge is 0.0649 e. The molecule has 0 amide bonds. The second-order valence-electron chi connectivity index (χ2n) is 12.3. The van der Waals surface area contributed by atoms with Gasteiger partial charge in [0.15, 0.2) is 0 Å². The SMILES string of the molecule is CCCCCCC1/C=C(/N2CCN(C)CC2)CCC(C2C(N)C3CCCC[C@@H](C)C2C=N3)CC1. The zero-order valence-electron chi connectivity index (χ0n) is 22.6. The van der Waals surface area contributed by atoms with Crippen LogP contribution < -0.4 is 5.73 Å². The number of nitrogens with two attached hydrogens (primary N) is 1. The van der Waals surface area contributed by atoms with Gasteiger partial charge in [-0.1, -0.05) is 64.9 Å². The van der Waals surface area contributed by atoms with Crippen molar-refractivity contribution < 1.29 is 0 Å². The third kappa shape index (κ3) is 6.66. The van der Waals surface area contributed by atoms with E-state index in [2.05, 4.69) is 43.0 Å². The molecule has 3 heterocycles. The summed E-state index contributed by atoms with van der Waals surface area (Å²) in [6, 6.07) is 0.633. The van der Waals surface area contributed by atoms with Gasteiger partial charge in [-0.05, 0) is 69.2 Å².